The van der Waals surface area contributed by atoms with Crippen LogP contribution in [0.1, 0.15) is 67.2 Å². The van der Waals surface area contributed by atoms with Gasteiger partial charge in [-0.1, -0.05) is 25.0 Å². The summed E-state index contributed by atoms with van der Waals surface area (Å²) in [6.07, 6.45) is 11.3. The molecule has 1 aromatic carbocycles. The van der Waals surface area contributed by atoms with E-state index in [1.54, 1.807) is 13.2 Å². The Labute approximate surface area is 245 Å². The molecule has 0 aliphatic carbocycles. The standard InChI is InChI=1S/C31H39N9O2/c1-20-26(21(2)39-31(38-20)37-19-32)11-12-29(42)35-17-24(7-5-4-6-8-28(41)33-3)30-36-18-27(40-30)23-10-9-22-13-14-34-16-25(22)15-23/h9-10,13-16,18-19,24H,4-8,11-12,17H2,1-3H3,(H,33,41)(H,35,42)(H,36,40)(H2,32,37,38,39). The Bertz CT molecular complexity index is 1580. The molecule has 0 bridgehead atoms. The monoisotopic (exact) mass is 569 g/mol. The van der Waals surface area contributed by atoms with Crippen molar-refractivity contribution in [1.29, 1.82) is 5.41 Å². The van der Waals surface area contributed by atoms with Gasteiger partial charge in [0.05, 0.1) is 11.9 Å². The zero-order chi connectivity index (χ0) is 29.9. The summed E-state index contributed by atoms with van der Waals surface area (Å²) < 4.78 is 0. The third kappa shape index (κ3) is 8.18. The Kier molecular flexibility index (Phi) is 10.7. The molecule has 4 rings (SSSR count). The summed E-state index contributed by atoms with van der Waals surface area (Å²) in [6.45, 7) is 4.27. The minimum absolute atomic E-state index is 0.00492. The highest BCUT2D eigenvalue weighted by molar-refractivity contribution is 5.86. The van der Waals surface area contributed by atoms with Crippen LogP contribution in [0.5, 0.6) is 0 Å². The normalized spacial score (nSPS) is 12.3. The molecule has 11 heteroatoms. The molecule has 42 heavy (non-hydrogen) atoms. The molecule has 0 aliphatic rings. The molecule has 0 saturated carbocycles. The molecule has 0 fully saturated rings. The fourth-order valence-corrected chi connectivity index (χ4v) is 5.08. The average molecular weight is 570 g/mol. The van der Waals surface area contributed by atoms with Crippen molar-refractivity contribution in [3.05, 3.63) is 71.2 Å². The lowest BCUT2D eigenvalue weighted by atomic mass is 9.99. The highest BCUT2D eigenvalue weighted by atomic mass is 16.2. The summed E-state index contributed by atoms with van der Waals surface area (Å²) >= 11 is 0. The smallest absolute Gasteiger partial charge is 0.228 e. The number of rotatable bonds is 14. The van der Waals surface area contributed by atoms with E-state index in [0.29, 0.717) is 31.4 Å². The summed E-state index contributed by atoms with van der Waals surface area (Å²) in [7, 11) is 1.65. The third-order valence-electron chi connectivity index (χ3n) is 7.47. The predicted molar refractivity (Wildman–Crippen MR) is 163 cm³/mol. The lowest BCUT2D eigenvalue weighted by molar-refractivity contribution is -0.121. The summed E-state index contributed by atoms with van der Waals surface area (Å²) in [6, 6.07) is 8.22. The molecule has 4 aromatic rings. The van der Waals surface area contributed by atoms with Crippen molar-refractivity contribution in [3.63, 3.8) is 0 Å². The fourth-order valence-electron chi connectivity index (χ4n) is 5.08. The van der Waals surface area contributed by atoms with Gasteiger partial charge >= 0.3 is 0 Å². The molecule has 2 amide bonds. The quantitative estimate of drug-likeness (QED) is 0.0878. The topological polar surface area (TPSA) is 165 Å². The first kappa shape index (κ1) is 30.3. The molecule has 3 aromatic heterocycles. The second kappa shape index (κ2) is 14.8. The summed E-state index contributed by atoms with van der Waals surface area (Å²) in [5.41, 5.74) is 4.98. The number of hydrogen-bond donors (Lipinski definition) is 5. The van der Waals surface area contributed by atoms with Gasteiger partial charge in [0.1, 0.15) is 12.2 Å². The number of carbonyl (C=O) groups excluding carboxylic acids is 2. The number of nitrogens with one attached hydrogen (secondary N) is 5. The maximum Gasteiger partial charge on any atom is 0.228 e. The van der Waals surface area contributed by atoms with Gasteiger partial charge < -0.3 is 20.6 Å². The molecule has 0 spiro atoms. The minimum atomic E-state index is -0.0412. The number of imidazole rings is 1. The predicted octanol–water partition coefficient (Wildman–Crippen LogP) is 4.00. The SMILES string of the molecule is CNC(=O)CCCCCC(CNC(=O)CCc1c(C)n/c(=N/C=N)[nH]c1C)c1ncc(-c2ccc3ccncc3c2)[nH]1. The van der Waals surface area contributed by atoms with E-state index in [9.17, 15) is 9.59 Å². The van der Waals surface area contributed by atoms with E-state index >= 15 is 0 Å². The van der Waals surface area contributed by atoms with Crippen molar-refractivity contribution in [2.45, 2.75) is 64.7 Å². The number of fused-ring (bicyclic) bond motifs is 1. The zero-order valence-corrected chi connectivity index (χ0v) is 24.5. The van der Waals surface area contributed by atoms with Crippen molar-refractivity contribution in [1.82, 2.24) is 35.6 Å². The van der Waals surface area contributed by atoms with Crippen molar-refractivity contribution >= 4 is 28.9 Å². The molecule has 0 radical (unpaired) electrons. The summed E-state index contributed by atoms with van der Waals surface area (Å²) in [5, 5.41) is 15.1. The lowest BCUT2D eigenvalue weighted by Crippen LogP contribution is -2.29. The van der Waals surface area contributed by atoms with Gasteiger partial charge in [0, 0.05) is 67.1 Å². The Hall–Kier alpha value is -4.67. The van der Waals surface area contributed by atoms with Gasteiger partial charge in [0.2, 0.25) is 17.4 Å². The van der Waals surface area contributed by atoms with Crippen molar-refractivity contribution in [3.8, 4) is 11.3 Å². The maximum absolute atomic E-state index is 12.9. The van der Waals surface area contributed by atoms with Gasteiger partial charge in [0.15, 0.2) is 0 Å². The summed E-state index contributed by atoms with van der Waals surface area (Å²) in [4.78, 5) is 48.3. The largest absolute Gasteiger partial charge is 0.359 e. The van der Waals surface area contributed by atoms with Crippen LogP contribution >= 0.6 is 0 Å². The van der Waals surface area contributed by atoms with Crippen LogP contribution in [0.3, 0.4) is 0 Å². The number of H-pyrrole nitrogens is 2. The second-order valence-corrected chi connectivity index (χ2v) is 10.4. The zero-order valence-electron chi connectivity index (χ0n) is 24.5. The first-order valence-corrected chi connectivity index (χ1v) is 14.3. The fraction of sp³-hybridized carbons (Fsp3) is 0.387. The Morgan fingerprint density at radius 3 is 2.69 bits per heavy atom. The molecule has 1 atom stereocenters. The first-order valence-electron chi connectivity index (χ1n) is 14.3. The van der Waals surface area contributed by atoms with Crippen LogP contribution in [0.2, 0.25) is 0 Å². The number of aromatic amines is 2. The van der Waals surface area contributed by atoms with Gasteiger partial charge in [-0.2, -0.15) is 0 Å². The van der Waals surface area contributed by atoms with Crippen LogP contribution < -0.4 is 16.3 Å². The molecule has 0 aliphatic heterocycles. The average Bonchev–Trinajstić information content (AvgIpc) is 3.48. The van der Waals surface area contributed by atoms with Crippen LogP contribution in [-0.2, 0) is 16.0 Å². The number of unbranched alkanes of at least 4 members (excludes halogenated alkanes) is 2. The molecule has 220 valence electrons. The van der Waals surface area contributed by atoms with E-state index in [-0.39, 0.29) is 17.7 Å². The van der Waals surface area contributed by atoms with Crippen LogP contribution in [0, 0.1) is 19.3 Å². The van der Waals surface area contributed by atoms with E-state index in [1.807, 2.05) is 32.3 Å². The van der Waals surface area contributed by atoms with E-state index in [1.165, 1.54) is 0 Å². The molecule has 11 nitrogen and oxygen atoms in total. The number of carbonyl (C=O) groups is 2. The summed E-state index contributed by atoms with van der Waals surface area (Å²) in [5.74, 6) is 0.849. The van der Waals surface area contributed by atoms with Crippen LogP contribution in [0.25, 0.3) is 22.0 Å². The Balaban J connectivity index is 1.41. The number of amides is 2. The van der Waals surface area contributed by atoms with Gasteiger partial charge in [-0.25, -0.2) is 15.0 Å². The number of aryl methyl sites for hydroxylation is 2. The van der Waals surface area contributed by atoms with E-state index in [0.717, 1.165) is 76.8 Å². The molecular weight excluding hydrogens is 530 g/mol. The van der Waals surface area contributed by atoms with Gasteiger partial charge in [0.25, 0.3) is 0 Å². The lowest BCUT2D eigenvalue weighted by Gasteiger charge is -2.16. The molecular formula is C31H39N9O2. The number of hydrogen-bond acceptors (Lipinski definition) is 6. The van der Waals surface area contributed by atoms with Gasteiger partial charge in [-0.15, -0.1) is 0 Å². The minimum Gasteiger partial charge on any atom is -0.359 e. The Morgan fingerprint density at radius 1 is 1.05 bits per heavy atom. The second-order valence-electron chi connectivity index (χ2n) is 10.4. The molecule has 3 heterocycles. The third-order valence-corrected chi connectivity index (χ3v) is 7.47. The van der Waals surface area contributed by atoms with Crippen molar-refractivity contribution in [2.24, 2.45) is 4.99 Å². The first-order chi connectivity index (χ1) is 20.4. The number of aromatic nitrogens is 5. The highest BCUT2D eigenvalue weighted by Crippen LogP contribution is 2.26. The Morgan fingerprint density at radius 2 is 1.90 bits per heavy atom. The molecule has 5 N–H and O–H groups in total. The van der Waals surface area contributed by atoms with E-state index in [4.69, 9.17) is 10.4 Å². The number of nitrogens with zero attached hydrogens (tertiary/aromatic N) is 4. The van der Waals surface area contributed by atoms with Crippen LogP contribution in [-0.4, -0.2) is 56.7 Å². The molecule has 0 saturated heterocycles. The number of pyridine rings is 1. The van der Waals surface area contributed by atoms with Crippen molar-refractivity contribution < 1.29 is 9.59 Å². The van der Waals surface area contributed by atoms with E-state index in [2.05, 4.69) is 53.8 Å². The van der Waals surface area contributed by atoms with E-state index < -0.39 is 0 Å². The van der Waals surface area contributed by atoms with Crippen molar-refractivity contribution in [2.75, 3.05) is 13.6 Å². The van der Waals surface area contributed by atoms with Crippen LogP contribution in [0.4, 0.5) is 0 Å². The van der Waals surface area contributed by atoms with Gasteiger partial charge in [-0.3, -0.25) is 20.0 Å². The van der Waals surface area contributed by atoms with Gasteiger partial charge in [-0.05, 0) is 56.2 Å². The molecule has 1 unspecified atom stereocenters. The highest BCUT2D eigenvalue weighted by Gasteiger charge is 2.18. The number of benzene rings is 1. The maximum atomic E-state index is 12.9. The van der Waals surface area contributed by atoms with Crippen LogP contribution in [0.15, 0.2) is 47.8 Å².